The monoisotopic (exact) mass is 317 g/mol. The van der Waals surface area contributed by atoms with Crippen LogP contribution in [0.15, 0.2) is 29.2 Å². The molecule has 2 saturated heterocycles. The lowest BCUT2D eigenvalue weighted by molar-refractivity contribution is 0.399. The summed E-state index contributed by atoms with van der Waals surface area (Å²) in [6, 6.07) is 5.80. The second-order valence-electron chi connectivity index (χ2n) is 5.09. The predicted octanol–water partition coefficient (Wildman–Crippen LogP) is 0.255. The molecule has 2 aliphatic heterocycles. The number of fused-ring (bicyclic) bond motifs is 2. The van der Waals surface area contributed by atoms with E-state index in [2.05, 4.69) is 0 Å². The Bertz CT molecular complexity index is 741. The van der Waals surface area contributed by atoms with Gasteiger partial charge >= 0.3 is 0 Å². The number of methoxy groups -OCH3 is 1. The highest BCUT2D eigenvalue weighted by Gasteiger charge is 2.52. The number of benzene rings is 1. The van der Waals surface area contributed by atoms with Crippen LogP contribution in [0.3, 0.4) is 0 Å². The number of nitrogens with zero attached hydrogens (tertiary/aromatic N) is 1. The van der Waals surface area contributed by atoms with E-state index in [1.54, 1.807) is 12.1 Å². The molecule has 0 saturated carbocycles. The van der Waals surface area contributed by atoms with Crippen LogP contribution in [-0.4, -0.2) is 51.8 Å². The summed E-state index contributed by atoms with van der Waals surface area (Å²) in [6.07, 6.45) is 0.408. The van der Waals surface area contributed by atoms with E-state index in [9.17, 15) is 16.8 Å². The van der Waals surface area contributed by atoms with Gasteiger partial charge in [-0.25, -0.2) is 16.8 Å². The van der Waals surface area contributed by atoms with Gasteiger partial charge in [0.05, 0.1) is 23.0 Å². The minimum atomic E-state index is -3.66. The number of sulfonamides is 1. The molecule has 2 atom stereocenters. The molecular weight excluding hydrogens is 302 g/mol. The molecule has 110 valence electrons. The molecule has 0 radical (unpaired) electrons. The molecule has 1 aromatic carbocycles. The van der Waals surface area contributed by atoms with Crippen LogP contribution in [0.1, 0.15) is 6.42 Å². The fraction of sp³-hybridized carbons (Fsp3) is 0.500. The van der Waals surface area contributed by atoms with E-state index in [0.717, 1.165) is 0 Å². The Balaban J connectivity index is 1.95. The lowest BCUT2D eigenvalue weighted by atomic mass is 10.3. The van der Waals surface area contributed by atoms with Gasteiger partial charge in [0, 0.05) is 18.7 Å². The minimum absolute atomic E-state index is 0.0620. The van der Waals surface area contributed by atoms with Crippen molar-refractivity contribution >= 4 is 19.9 Å². The van der Waals surface area contributed by atoms with Crippen LogP contribution in [0, 0.1) is 0 Å². The van der Waals surface area contributed by atoms with E-state index < -0.39 is 31.2 Å². The molecule has 6 nitrogen and oxygen atoms in total. The Morgan fingerprint density at radius 2 is 2.10 bits per heavy atom. The van der Waals surface area contributed by atoms with Gasteiger partial charge in [0.25, 0.3) is 0 Å². The summed E-state index contributed by atoms with van der Waals surface area (Å²) in [4.78, 5) is 0.141. The molecule has 2 aliphatic rings. The van der Waals surface area contributed by atoms with E-state index in [0.29, 0.717) is 12.2 Å². The molecule has 2 fully saturated rings. The molecular formula is C12H15NO5S2. The topological polar surface area (TPSA) is 80.8 Å². The normalized spacial score (nSPS) is 28.6. The average Bonchev–Trinajstić information content (AvgIpc) is 2.94. The van der Waals surface area contributed by atoms with Crippen molar-refractivity contribution in [2.75, 3.05) is 19.4 Å². The standard InChI is InChI=1S/C12H15NO5S2/c1-18-10-3-2-4-11(6-10)20(16,17)13-7-12-5-9(13)8-19(12,14)15/h2-4,6,9,12H,5,7-8H2,1H3. The first-order valence-corrected chi connectivity index (χ1v) is 9.37. The van der Waals surface area contributed by atoms with E-state index in [1.807, 2.05) is 0 Å². The van der Waals surface area contributed by atoms with Crippen molar-refractivity contribution in [3.63, 3.8) is 0 Å². The summed E-state index contributed by atoms with van der Waals surface area (Å²) in [7, 11) is -5.30. The van der Waals surface area contributed by atoms with Crippen molar-refractivity contribution in [3.05, 3.63) is 24.3 Å². The highest BCUT2D eigenvalue weighted by molar-refractivity contribution is 7.93. The van der Waals surface area contributed by atoms with Gasteiger partial charge in [-0.3, -0.25) is 0 Å². The van der Waals surface area contributed by atoms with E-state index in [1.165, 1.54) is 23.5 Å². The first-order chi connectivity index (χ1) is 9.34. The Hall–Kier alpha value is -1.12. The maximum Gasteiger partial charge on any atom is 0.243 e. The van der Waals surface area contributed by atoms with Gasteiger partial charge < -0.3 is 4.74 Å². The molecule has 2 heterocycles. The number of rotatable bonds is 3. The first kappa shape index (κ1) is 13.8. The average molecular weight is 317 g/mol. The quantitative estimate of drug-likeness (QED) is 0.798. The van der Waals surface area contributed by atoms with Crippen molar-refractivity contribution < 1.29 is 21.6 Å². The second-order valence-corrected chi connectivity index (χ2v) is 9.31. The summed E-state index contributed by atoms with van der Waals surface area (Å²) in [5, 5.41) is -0.548. The smallest absolute Gasteiger partial charge is 0.243 e. The molecule has 3 rings (SSSR count). The summed E-state index contributed by atoms with van der Waals surface area (Å²) in [5.74, 6) is 0.393. The molecule has 0 aromatic heterocycles. The molecule has 0 aliphatic carbocycles. The minimum Gasteiger partial charge on any atom is -0.497 e. The Labute approximate surface area is 118 Å². The summed E-state index contributed by atoms with van der Waals surface area (Å²) >= 11 is 0. The Morgan fingerprint density at radius 3 is 2.65 bits per heavy atom. The van der Waals surface area contributed by atoms with Crippen LogP contribution < -0.4 is 4.74 Å². The maximum atomic E-state index is 12.6. The van der Waals surface area contributed by atoms with Crippen molar-refractivity contribution in [1.82, 2.24) is 4.31 Å². The SMILES string of the molecule is COc1cccc(S(=O)(=O)N2CC3CC2CS3(=O)=O)c1. The third kappa shape index (κ3) is 2.02. The Morgan fingerprint density at radius 1 is 1.35 bits per heavy atom. The largest absolute Gasteiger partial charge is 0.497 e. The van der Waals surface area contributed by atoms with Crippen molar-refractivity contribution in [2.45, 2.75) is 22.6 Å². The molecule has 8 heteroatoms. The van der Waals surface area contributed by atoms with E-state index >= 15 is 0 Å². The molecule has 0 N–H and O–H groups in total. The van der Waals surface area contributed by atoms with Gasteiger partial charge in [0.2, 0.25) is 10.0 Å². The molecule has 0 amide bonds. The first-order valence-electron chi connectivity index (χ1n) is 6.22. The zero-order valence-electron chi connectivity index (χ0n) is 10.9. The van der Waals surface area contributed by atoms with Gasteiger partial charge in [-0.1, -0.05) is 6.07 Å². The van der Waals surface area contributed by atoms with Gasteiger partial charge in [-0.05, 0) is 18.6 Å². The highest BCUT2D eigenvalue weighted by atomic mass is 32.2. The molecule has 2 unspecified atom stereocenters. The predicted molar refractivity (Wildman–Crippen MR) is 72.9 cm³/mol. The van der Waals surface area contributed by atoms with Crippen molar-refractivity contribution in [1.29, 1.82) is 0 Å². The molecule has 0 spiro atoms. The second kappa shape index (κ2) is 4.44. The van der Waals surface area contributed by atoms with Crippen LogP contribution in [0.5, 0.6) is 5.75 Å². The third-order valence-corrected chi connectivity index (χ3v) is 8.03. The lowest BCUT2D eigenvalue weighted by Gasteiger charge is -2.26. The van der Waals surface area contributed by atoms with Gasteiger partial charge in [-0.2, -0.15) is 4.31 Å². The fourth-order valence-electron chi connectivity index (χ4n) is 2.85. The molecule has 1 aromatic rings. The number of hydrogen-bond acceptors (Lipinski definition) is 5. The Kier molecular flexibility index (Phi) is 3.07. The number of hydrogen-bond donors (Lipinski definition) is 0. The summed E-state index contributed by atoms with van der Waals surface area (Å²) < 4.78 is 54.9. The molecule has 2 bridgehead atoms. The lowest BCUT2D eigenvalue weighted by Crippen LogP contribution is -2.43. The van der Waals surface area contributed by atoms with Crippen LogP contribution >= 0.6 is 0 Å². The van der Waals surface area contributed by atoms with Crippen LogP contribution in [-0.2, 0) is 19.9 Å². The van der Waals surface area contributed by atoms with Crippen LogP contribution in [0.4, 0.5) is 0 Å². The molecule has 20 heavy (non-hydrogen) atoms. The van der Waals surface area contributed by atoms with Crippen molar-refractivity contribution in [3.8, 4) is 5.75 Å². The van der Waals surface area contributed by atoms with Gasteiger partial charge in [0.15, 0.2) is 9.84 Å². The zero-order valence-corrected chi connectivity index (χ0v) is 12.5. The maximum absolute atomic E-state index is 12.6. The van der Waals surface area contributed by atoms with Crippen LogP contribution in [0.2, 0.25) is 0 Å². The summed E-state index contributed by atoms with van der Waals surface area (Å²) in [6.45, 7) is 0.0620. The zero-order chi connectivity index (χ0) is 14.5. The van der Waals surface area contributed by atoms with Crippen molar-refractivity contribution in [2.24, 2.45) is 0 Å². The number of ether oxygens (including phenoxy) is 1. The fourth-order valence-corrected chi connectivity index (χ4v) is 6.78. The van der Waals surface area contributed by atoms with Gasteiger partial charge in [0.1, 0.15) is 5.75 Å². The van der Waals surface area contributed by atoms with Crippen LogP contribution in [0.25, 0.3) is 0 Å². The van der Waals surface area contributed by atoms with Gasteiger partial charge in [-0.15, -0.1) is 0 Å². The van der Waals surface area contributed by atoms with E-state index in [-0.39, 0.29) is 17.2 Å². The third-order valence-electron chi connectivity index (χ3n) is 3.91. The van der Waals surface area contributed by atoms with E-state index in [4.69, 9.17) is 4.74 Å². The summed E-state index contributed by atoms with van der Waals surface area (Å²) in [5.41, 5.74) is 0. The number of sulfone groups is 1. The highest BCUT2D eigenvalue weighted by Crippen LogP contribution is 2.37.